The molecule has 2 saturated carbocycles. The number of carbonyl (C=O) groups is 3. The number of hydrogen-bond donors (Lipinski definition) is 2. The fourth-order valence-corrected chi connectivity index (χ4v) is 10.1. The normalized spacial score (nSPS) is 34.7. The molecule has 2 N–H and O–H groups in total. The highest BCUT2D eigenvalue weighted by atomic mass is 35.5. The Morgan fingerprint density at radius 2 is 1.98 bits per heavy atom. The van der Waals surface area contributed by atoms with Gasteiger partial charge < -0.3 is 38.4 Å². The van der Waals surface area contributed by atoms with Crippen LogP contribution >= 0.6 is 33.2 Å². The average molecular weight is 797 g/mol. The second kappa shape index (κ2) is 17.1. The zero-order chi connectivity index (χ0) is 38.7. The summed E-state index contributed by atoms with van der Waals surface area (Å²) in [4.78, 5) is 42.5. The molecule has 1 spiro atoms. The fourth-order valence-electron chi connectivity index (χ4n) is 8.50. The highest BCUT2D eigenvalue weighted by Gasteiger charge is 2.91. The maximum Gasteiger partial charge on any atom is 0.409 e. The molecule has 9 atom stereocenters. The summed E-state index contributed by atoms with van der Waals surface area (Å²) in [6.07, 6.45) is 5.27. The van der Waals surface area contributed by atoms with Gasteiger partial charge in [0, 0.05) is 45.5 Å². The Morgan fingerprint density at radius 3 is 2.64 bits per heavy atom. The highest BCUT2D eigenvalue weighted by Crippen LogP contribution is 2.92. The minimum Gasteiger partial charge on any atom is -0.495 e. The number of alkyl carbamates (subject to hydrolysis) is 1. The zero-order valence-electron chi connectivity index (χ0n) is 31.8. The lowest BCUT2D eigenvalue weighted by molar-refractivity contribution is -0.172. The molecule has 15 heteroatoms. The van der Waals surface area contributed by atoms with Gasteiger partial charge in [0.2, 0.25) is 5.91 Å². The molecule has 1 aromatic rings. The molecule has 4 aliphatic rings. The maximum absolute atomic E-state index is 14.3. The number of halogens is 1. The van der Waals surface area contributed by atoms with E-state index in [1.165, 1.54) is 26.2 Å². The molecule has 2 aliphatic carbocycles. The van der Waals surface area contributed by atoms with Gasteiger partial charge in [-0.05, 0) is 67.4 Å². The molecule has 12 nitrogen and oxygen atoms in total. The maximum atomic E-state index is 14.3. The monoisotopic (exact) mass is 796 g/mol. The predicted octanol–water partition coefficient (Wildman–Crippen LogP) is 5.97. The third-order valence-corrected chi connectivity index (χ3v) is 14.0. The number of esters is 1. The molecule has 2 aliphatic heterocycles. The van der Waals surface area contributed by atoms with Crippen LogP contribution in [-0.2, 0) is 39.7 Å². The van der Waals surface area contributed by atoms with E-state index in [0.717, 1.165) is 29.7 Å². The minimum atomic E-state index is -1.75. The molecular formula is C38H53ClN2O10S2. The lowest BCUT2D eigenvalue weighted by Crippen LogP contribution is -2.63. The van der Waals surface area contributed by atoms with Crippen molar-refractivity contribution in [1.82, 2.24) is 5.32 Å². The molecule has 2 amide bonds. The molecular weight excluding hydrogens is 744 g/mol. The molecule has 0 aromatic heterocycles. The number of amides is 2. The summed E-state index contributed by atoms with van der Waals surface area (Å²) in [6, 6.07) is 3.68. The van der Waals surface area contributed by atoms with E-state index in [0.29, 0.717) is 24.5 Å². The number of nitrogens with zero attached hydrogens (tertiary/aromatic N) is 1. The van der Waals surface area contributed by atoms with Gasteiger partial charge in [0.15, 0.2) is 11.8 Å². The number of nitrogens with one attached hydrogen (secondary N) is 1. The SMILES string of the molecule is COc1cc2cc(c1Cl)N(C)C(=O)C[C@H](OC(=O)C(COCCCSSC)OC)[C@]1(C)C3CC31[C@H](C)C1C[C@@](O)(NC(=O)O1)[C@H](OC)/C=C/C=C(\C)C2. The molecule has 0 radical (unpaired) electrons. The van der Waals surface area contributed by atoms with Crippen LogP contribution in [0.4, 0.5) is 10.5 Å². The van der Waals surface area contributed by atoms with Crippen LogP contribution in [-0.4, -0.2) is 107 Å². The van der Waals surface area contributed by atoms with Crippen LogP contribution in [0.15, 0.2) is 35.9 Å². The fraction of sp³-hybridized carbons (Fsp3) is 0.658. The first-order valence-corrected chi connectivity index (χ1v) is 21.0. The van der Waals surface area contributed by atoms with Crippen molar-refractivity contribution in [3.8, 4) is 5.75 Å². The Kier molecular flexibility index (Phi) is 13.5. The molecule has 4 unspecified atom stereocenters. The molecule has 1 aromatic carbocycles. The van der Waals surface area contributed by atoms with E-state index >= 15 is 0 Å². The van der Waals surface area contributed by atoms with Crippen molar-refractivity contribution < 1.29 is 47.9 Å². The number of fused-ring (bicyclic) bond motifs is 5. The zero-order valence-corrected chi connectivity index (χ0v) is 34.2. The lowest BCUT2D eigenvalue weighted by atomic mass is 9.74. The summed E-state index contributed by atoms with van der Waals surface area (Å²) in [5.41, 5.74) is -0.542. The van der Waals surface area contributed by atoms with Crippen molar-refractivity contribution in [2.75, 3.05) is 58.5 Å². The van der Waals surface area contributed by atoms with Crippen LogP contribution in [0.25, 0.3) is 0 Å². The number of allylic oxidation sites excluding steroid dienone is 3. The summed E-state index contributed by atoms with van der Waals surface area (Å²) in [6.45, 7) is 6.44. The quantitative estimate of drug-likeness (QED) is 0.146. The smallest absolute Gasteiger partial charge is 0.409 e. The van der Waals surface area contributed by atoms with Crippen LogP contribution in [0.2, 0.25) is 5.02 Å². The van der Waals surface area contributed by atoms with Crippen molar-refractivity contribution >= 4 is 56.8 Å². The third kappa shape index (κ3) is 8.39. The van der Waals surface area contributed by atoms with Gasteiger partial charge in [-0.3, -0.25) is 10.1 Å². The molecule has 3 fully saturated rings. The van der Waals surface area contributed by atoms with Crippen molar-refractivity contribution in [3.63, 3.8) is 0 Å². The lowest BCUT2D eigenvalue weighted by Gasteiger charge is -2.44. The number of hydrogen-bond acceptors (Lipinski definition) is 12. The van der Waals surface area contributed by atoms with E-state index < -0.39 is 53.0 Å². The van der Waals surface area contributed by atoms with E-state index in [-0.39, 0.29) is 42.2 Å². The number of anilines is 1. The summed E-state index contributed by atoms with van der Waals surface area (Å²) in [7, 11) is 9.50. The molecule has 1 saturated heterocycles. The highest BCUT2D eigenvalue weighted by molar-refractivity contribution is 8.76. The molecule has 4 bridgehead atoms. The standard InChI is InChI=1S/C38H53ClN2O10S2/c1-22-11-9-12-30(48-7)38(45)19-27(50-35(44)40-38)23(2)37-20-29(37)36(37,3)31(51-34(43)28(47-6)21-49-13-10-14-53-52-8)18-32(42)41(4)25-16-24(15-22)17-26(46-5)33(25)39/h9,11-12,16-17,23,27-31,45H,10,13-15,18-21H2,1-8H3,(H,40,44)/b12-9+,22-11+/t23-,27?,28?,29?,30-,31+,36+,37?,38+/m1/s1. The average Bonchev–Trinajstić information content (AvgIpc) is 4.01. The van der Waals surface area contributed by atoms with Gasteiger partial charge in [-0.15, -0.1) is 0 Å². The summed E-state index contributed by atoms with van der Waals surface area (Å²) >= 11 is 6.81. The van der Waals surface area contributed by atoms with Gasteiger partial charge in [-0.25, -0.2) is 9.59 Å². The van der Waals surface area contributed by atoms with Crippen molar-refractivity contribution in [2.45, 2.75) is 83.0 Å². The van der Waals surface area contributed by atoms with Crippen molar-refractivity contribution in [2.24, 2.45) is 22.7 Å². The van der Waals surface area contributed by atoms with Crippen LogP contribution in [0.3, 0.4) is 0 Å². The van der Waals surface area contributed by atoms with Crippen molar-refractivity contribution in [3.05, 3.63) is 46.5 Å². The summed E-state index contributed by atoms with van der Waals surface area (Å²) < 4.78 is 34.7. The van der Waals surface area contributed by atoms with Crippen LogP contribution in [0.5, 0.6) is 5.75 Å². The summed E-state index contributed by atoms with van der Waals surface area (Å²) in [5, 5.41) is 14.7. The Morgan fingerprint density at radius 1 is 1.23 bits per heavy atom. The Labute approximate surface area is 325 Å². The molecule has 53 heavy (non-hydrogen) atoms. The van der Waals surface area contributed by atoms with E-state index in [2.05, 4.69) is 5.32 Å². The Balaban J connectivity index is 1.51. The number of benzene rings is 1. The number of aliphatic hydroxyl groups is 1. The first kappa shape index (κ1) is 41.7. The van der Waals surface area contributed by atoms with Gasteiger partial charge in [-0.1, -0.05) is 70.8 Å². The van der Waals surface area contributed by atoms with Crippen LogP contribution in [0.1, 0.15) is 52.0 Å². The van der Waals surface area contributed by atoms with E-state index in [1.54, 1.807) is 40.8 Å². The van der Waals surface area contributed by atoms with E-state index in [1.807, 2.05) is 45.2 Å². The second-order valence-corrected chi connectivity index (χ2v) is 17.7. The first-order valence-electron chi connectivity index (χ1n) is 17.9. The van der Waals surface area contributed by atoms with Gasteiger partial charge in [0.25, 0.3) is 0 Å². The topological polar surface area (TPSA) is 142 Å². The molecule has 5 rings (SSSR count). The van der Waals surface area contributed by atoms with E-state index in [4.69, 9.17) is 40.0 Å². The number of ether oxygens (including phenoxy) is 6. The summed E-state index contributed by atoms with van der Waals surface area (Å²) in [5.74, 6) is 0.223. The second-order valence-electron chi connectivity index (χ2n) is 14.7. The van der Waals surface area contributed by atoms with Gasteiger partial charge >= 0.3 is 12.1 Å². The third-order valence-electron chi connectivity index (χ3n) is 11.8. The van der Waals surface area contributed by atoms with Gasteiger partial charge in [0.05, 0.1) is 25.8 Å². The van der Waals surface area contributed by atoms with E-state index in [9.17, 15) is 19.5 Å². The van der Waals surface area contributed by atoms with Crippen LogP contribution < -0.4 is 15.0 Å². The van der Waals surface area contributed by atoms with Gasteiger partial charge in [-0.2, -0.15) is 0 Å². The molecule has 294 valence electrons. The van der Waals surface area contributed by atoms with Crippen molar-refractivity contribution in [1.29, 1.82) is 0 Å². The van der Waals surface area contributed by atoms with Gasteiger partial charge in [0.1, 0.15) is 29.1 Å². The largest absolute Gasteiger partial charge is 0.495 e. The number of carbonyl (C=O) groups excluding carboxylic acids is 3. The minimum absolute atomic E-state index is 0.0102. The number of rotatable bonds is 12. The Bertz CT molecular complexity index is 1600. The number of methoxy groups -OCH3 is 3. The molecule has 2 heterocycles. The predicted molar refractivity (Wildman–Crippen MR) is 206 cm³/mol. The Hall–Kier alpha value is -2.46. The van der Waals surface area contributed by atoms with Crippen LogP contribution in [0, 0.1) is 22.7 Å². The first-order chi connectivity index (χ1) is 25.2.